The first kappa shape index (κ1) is 17.6. The van der Waals surface area contributed by atoms with Gasteiger partial charge in [-0.3, -0.25) is 9.78 Å². The topological polar surface area (TPSA) is 81.4 Å². The number of nitrogens with zero attached hydrogens (tertiary/aromatic N) is 4. The van der Waals surface area contributed by atoms with E-state index in [0.717, 1.165) is 23.6 Å². The number of ether oxygens (including phenoxy) is 1. The number of benzene rings is 1. The number of amides is 1. The van der Waals surface area contributed by atoms with Gasteiger partial charge in [0.2, 0.25) is 0 Å². The highest BCUT2D eigenvalue weighted by atomic mass is 16.5. The zero-order valence-corrected chi connectivity index (χ0v) is 15.5. The Hall–Kier alpha value is -2.80. The second-order valence-corrected chi connectivity index (χ2v) is 7.22. The third-order valence-electron chi connectivity index (χ3n) is 5.14. The first-order valence-corrected chi connectivity index (χ1v) is 9.06. The number of carbonyl (C=O) groups is 1. The molecule has 27 heavy (non-hydrogen) atoms. The number of piperidine rings is 1. The van der Waals surface area contributed by atoms with Gasteiger partial charge in [-0.25, -0.2) is 0 Å². The number of likely N-dealkylation sites (tertiary alicyclic amines) is 1. The molecule has 1 fully saturated rings. The highest BCUT2D eigenvalue weighted by Gasteiger charge is 2.39. The van der Waals surface area contributed by atoms with Crippen LogP contribution in [-0.2, 0) is 16.8 Å². The summed E-state index contributed by atoms with van der Waals surface area (Å²) in [4.78, 5) is 23.9. The highest BCUT2D eigenvalue weighted by Crippen LogP contribution is 2.33. The molecule has 1 saturated heterocycles. The molecule has 0 bridgehead atoms. The number of hydrogen-bond acceptors (Lipinski definition) is 6. The van der Waals surface area contributed by atoms with Crippen LogP contribution >= 0.6 is 0 Å². The molecule has 7 nitrogen and oxygen atoms in total. The first-order valence-electron chi connectivity index (χ1n) is 9.06. The third-order valence-corrected chi connectivity index (χ3v) is 5.14. The summed E-state index contributed by atoms with van der Waals surface area (Å²) < 4.78 is 10.3. The molecule has 1 unspecified atom stereocenters. The molecule has 1 amide bonds. The summed E-state index contributed by atoms with van der Waals surface area (Å²) in [6, 6.07) is 9.74. The molecule has 0 aliphatic carbocycles. The number of hydrogen-bond donors (Lipinski definition) is 0. The Morgan fingerprint density at radius 3 is 3.04 bits per heavy atom. The maximum absolute atomic E-state index is 13.2. The molecule has 0 radical (unpaired) electrons. The number of fused-ring (bicyclic) bond motifs is 1. The van der Waals surface area contributed by atoms with Crippen LogP contribution in [0.25, 0.3) is 10.8 Å². The summed E-state index contributed by atoms with van der Waals surface area (Å²) in [5.74, 6) is 1.02. The Kier molecular flexibility index (Phi) is 4.61. The maximum Gasteiger partial charge on any atom is 0.273 e. The molecule has 0 spiro atoms. The van der Waals surface area contributed by atoms with Crippen molar-refractivity contribution < 1.29 is 14.1 Å². The zero-order valence-electron chi connectivity index (χ0n) is 15.5. The zero-order chi connectivity index (χ0) is 18.9. The van der Waals surface area contributed by atoms with E-state index >= 15 is 0 Å². The van der Waals surface area contributed by atoms with Crippen LogP contribution in [0.3, 0.4) is 0 Å². The average molecular weight is 366 g/mol. The van der Waals surface area contributed by atoms with Crippen molar-refractivity contribution >= 4 is 16.7 Å². The lowest BCUT2D eigenvalue weighted by Crippen LogP contribution is -2.47. The van der Waals surface area contributed by atoms with Gasteiger partial charge in [0, 0.05) is 37.2 Å². The van der Waals surface area contributed by atoms with Gasteiger partial charge in [0.15, 0.2) is 5.82 Å². The molecule has 1 aliphatic heterocycles. The Balaban J connectivity index is 1.61. The number of aromatic nitrogens is 3. The summed E-state index contributed by atoms with van der Waals surface area (Å²) >= 11 is 0. The van der Waals surface area contributed by atoms with E-state index in [1.165, 1.54) is 0 Å². The van der Waals surface area contributed by atoms with Gasteiger partial charge >= 0.3 is 0 Å². The molecule has 3 aromatic rings. The van der Waals surface area contributed by atoms with Crippen LogP contribution in [0.5, 0.6) is 0 Å². The predicted molar refractivity (Wildman–Crippen MR) is 99.2 cm³/mol. The van der Waals surface area contributed by atoms with Gasteiger partial charge in [-0.15, -0.1) is 0 Å². The fourth-order valence-corrected chi connectivity index (χ4v) is 3.72. The quantitative estimate of drug-likeness (QED) is 0.706. The van der Waals surface area contributed by atoms with Crippen molar-refractivity contribution in [1.29, 1.82) is 0 Å². The van der Waals surface area contributed by atoms with E-state index in [4.69, 9.17) is 9.26 Å². The van der Waals surface area contributed by atoms with Crippen molar-refractivity contribution in [2.45, 2.75) is 31.8 Å². The lowest BCUT2D eigenvalue weighted by molar-refractivity contribution is 0.0638. The van der Waals surface area contributed by atoms with E-state index in [9.17, 15) is 4.79 Å². The van der Waals surface area contributed by atoms with Crippen molar-refractivity contribution in [3.63, 3.8) is 0 Å². The summed E-state index contributed by atoms with van der Waals surface area (Å²) in [6.07, 6.45) is 3.46. The van der Waals surface area contributed by atoms with E-state index < -0.39 is 0 Å². The minimum absolute atomic E-state index is 0.0571. The second-order valence-electron chi connectivity index (χ2n) is 7.22. The smallest absolute Gasteiger partial charge is 0.273 e. The highest BCUT2D eigenvalue weighted by molar-refractivity contribution is 6.05. The molecule has 140 valence electrons. The standard InChI is InChI=1S/C20H22N4O3/c1-20(19-22-16(12-26-2)27-23-19)9-5-11-24(13-20)18(25)17-15-7-4-3-6-14(15)8-10-21-17/h3-4,6-8,10H,5,9,11-13H2,1-2H3. The van der Waals surface area contributed by atoms with Gasteiger partial charge < -0.3 is 14.2 Å². The molecule has 2 aromatic heterocycles. The fourth-order valence-electron chi connectivity index (χ4n) is 3.72. The van der Waals surface area contributed by atoms with Crippen molar-refractivity contribution in [2.75, 3.05) is 20.2 Å². The van der Waals surface area contributed by atoms with Gasteiger partial charge in [0.05, 0.1) is 0 Å². The van der Waals surface area contributed by atoms with Crippen molar-refractivity contribution in [3.05, 3.63) is 53.9 Å². The minimum Gasteiger partial charge on any atom is -0.375 e. The molecule has 1 atom stereocenters. The van der Waals surface area contributed by atoms with E-state index in [-0.39, 0.29) is 17.9 Å². The molecule has 0 saturated carbocycles. The second kappa shape index (κ2) is 7.08. The molecule has 1 aliphatic rings. The van der Waals surface area contributed by atoms with Crippen molar-refractivity contribution in [2.24, 2.45) is 0 Å². The van der Waals surface area contributed by atoms with Gasteiger partial charge in [-0.2, -0.15) is 4.98 Å². The van der Waals surface area contributed by atoms with Gasteiger partial charge in [-0.05, 0) is 24.3 Å². The van der Waals surface area contributed by atoms with Crippen molar-refractivity contribution in [1.82, 2.24) is 20.0 Å². The number of rotatable bonds is 4. The third kappa shape index (κ3) is 3.30. The molecule has 4 rings (SSSR count). The molecule has 7 heteroatoms. The number of carbonyl (C=O) groups excluding carboxylic acids is 1. The SMILES string of the molecule is COCc1nc(C2(C)CCCN(C(=O)c3nccc4ccccc34)C2)no1. The van der Waals surface area contributed by atoms with Crippen LogP contribution in [-0.4, -0.2) is 46.1 Å². The molecule has 0 N–H and O–H groups in total. The molecule has 1 aromatic carbocycles. The van der Waals surface area contributed by atoms with Crippen LogP contribution in [0.2, 0.25) is 0 Å². The van der Waals surface area contributed by atoms with Crippen LogP contribution < -0.4 is 0 Å². The summed E-state index contributed by atoms with van der Waals surface area (Å²) in [7, 11) is 1.59. The lowest BCUT2D eigenvalue weighted by atomic mass is 9.81. The summed E-state index contributed by atoms with van der Waals surface area (Å²) in [6.45, 7) is 3.58. The number of pyridine rings is 1. The predicted octanol–water partition coefficient (Wildman–Crippen LogP) is 2.96. The molecular weight excluding hydrogens is 344 g/mol. The van der Waals surface area contributed by atoms with Crippen molar-refractivity contribution in [3.8, 4) is 0 Å². The maximum atomic E-state index is 13.2. The van der Waals surface area contributed by atoms with Crippen LogP contribution in [0.15, 0.2) is 41.1 Å². The van der Waals surface area contributed by atoms with Crippen LogP contribution in [0, 0.1) is 0 Å². The van der Waals surface area contributed by atoms with E-state index in [2.05, 4.69) is 22.0 Å². The normalized spacial score (nSPS) is 20.1. The monoisotopic (exact) mass is 366 g/mol. The van der Waals surface area contributed by atoms with E-state index in [0.29, 0.717) is 30.5 Å². The van der Waals surface area contributed by atoms with Crippen LogP contribution in [0.4, 0.5) is 0 Å². The van der Waals surface area contributed by atoms with Gasteiger partial charge in [-0.1, -0.05) is 36.3 Å². The van der Waals surface area contributed by atoms with Gasteiger partial charge in [0.1, 0.15) is 12.3 Å². The Bertz CT molecular complexity index is 965. The Morgan fingerprint density at radius 2 is 2.19 bits per heavy atom. The average Bonchev–Trinajstić information content (AvgIpc) is 3.17. The molecular formula is C20H22N4O3. The summed E-state index contributed by atoms with van der Waals surface area (Å²) in [5.41, 5.74) is 0.138. The largest absolute Gasteiger partial charge is 0.375 e. The number of methoxy groups -OCH3 is 1. The lowest BCUT2D eigenvalue weighted by Gasteiger charge is -2.38. The Morgan fingerprint density at radius 1 is 1.33 bits per heavy atom. The minimum atomic E-state index is -0.353. The van der Waals surface area contributed by atoms with E-state index in [1.54, 1.807) is 13.3 Å². The molecule has 3 heterocycles. The Labute approximate surface area is 157 Å². The van der Waals surface area contributed by atoms with Gasteiger partial charge in [0.25, 0.3) is 11.8 Å². The fraction of sp³-hybridized carbons (Fsp3) is 0.400. The first-order chi connectivity index (χ1) is 13.1. The summed E-state index contributed by atoms with van der Waals surface area (Å²) in [5, 5.41) is 6.01. The van der Waals surface area contributed by atoms with E-state index in [1.807, 2.05) is 35.2 Å². The van der Waals surface area contributed by atoms with Crippen LogP contribution in [0.1, 0.15) is 42.0 Å².